The second kappa shape index (κ2) is 8.47. The lowest BCUT2D eigenvalue weighted by Crippen LogP contribution is -2.27. The monoisotopic (exact) mass is 435 g/mol. The molecule has 0 spiro atoms. The highest BCUT2D eigenvalue weighted by molar-refractivity contribution is 9.13. The van der Waals surface area contributed by atoms with E-state index in [1.807, 2.05) is 11.3 Å². The normalized spacial score (nSPS) is 17.8. The van der Waals surface area contributed by atoms with Gasteiger partial charge in [-0.2, -0.15) is 0 Å². The van der Waals surface area contributed by atoms with Crippen molar-refractivity contribution in [2.45, 2.75) is 58.8 Å². The summed E-state index contributed by atoms with van der Waals surface area (Å²) >= 11 is 9.09. The molecule has 1 saturated carbocycles. The van der Waals surface area contributed by atoms with E-state index in [-0.39, 0.29) is 0 Å². The minimum absolute atomic E-state index is 0.604. The van der Waals surface area contributed by atoms with Gasteiger partial charge in [-0.25, -0.2) is 0 Å². The second-order valence-corrected chi connectivity index (χ2v) is 10.2. The zero-order valence-electron chi connectivity index (χ0n) is 13.2. The van der Waals surface area contributed by atoms with Crippen molar-refractivity contribution >= 4 is 43.2 Å². The molecular formula is C17H27Br2NS. The van der Waals surface area contributed by atoms with Crippen LogP contribution in [0.4, 0.5) is 0 Å². The third kappa shape index (κ3) is 5.63. The van der Waals surface area contributed by atoms with Gasteiger partial charge in [-0.05, 0) is 94.5 Å². The smallest absolute Gasteiger partial charge is 0.0843 e. The van der Waals surface area contributed by atoms with Crippen LogP contribution in [0.1, 0.15) is 57.2 Å². The Kier molecular flexibility index (Phi) is 7.24. The van der Waals surface area contributed by atoms with Crippen LogP contribution < -0.4 is 5.32 Å². The third-order valence-electron chi connectivity index (χ3n) is 4.65. The fourth-order valence-electron chi connectivity index (χ4n) is 3.40. The summed E-state index contributed by atoms with van der Waals surface area (Å²) in [5.41, 5.74) is 0.604. The summed E-state index contributed by atoms with van der Waals surface area (Å²) in [6.07, 6.45) is 9.68. The number of hydrogen-bond donors (Lipinski definition) is 1. The molecule has 0 amide bonds. The average molecular weight is 437 g/mol. The molecule has 1 aliphatic rings. The number of hydrogen-bond acceptors (Lipinski definition) is 2. The minimum Gasteiger partial charge on any atom is -0.316 e. The lowest BCUT2D eigenvalue weighted by molar-refractivity contribution is 0.244. The van der Waals surface area contributed by atoms with E-state index >= 15 is 0 Å². The SMILES string of the molecule is CC(C)CNCCC1(CCc2cc(Br)c(Br)s2)CCCC1. The fourth-order valence-corrected chi connectivity index (χ4v) is 5.57. The van der Waals surface area contributed by atoms with Crippen molar-refractivity contribution in [3.05, 3.63) is 19.2 Å². The van der Waals surface area contributed by atoms with Crippen molar-refractivity contribution in [3.8, 4) is 0 Å². The Balaban J connectivity index is 1.83. The highest BCUT2D eigenvalue weighted by Crippen LogP contribution is 2.45. The molecule has 0 bridgehead atoms. The molecule has 0 radical (unpaired) electrons. The summed E-state index contributed by atoms with van der Waals surface area (Å²) in [7, 11) is 0. The molecule has 4 heteroatoms. The Labute approximate surface area is 150 Å². The van der Waals surface area contributed by atoms with E-state index in [9.17, 15) is 0 Å². The van der Waals surface area contributed by atoms with Crippen molar-refractivity contribution in [1.82, 2.24) is 5.32 Å². The summed E-state index contributed by atoms with van der Waals surface area (Å²) in [5, 5.41) is 3.64. The zero-order chi connectivity index (χ0) is 15.3. The molecule has 21 heavy (non-hydrogen) atoms. The van der Waals surface area contributed by atoms with E-state index in [0.717, 1.165) is 12.5 Å². The van der Waals surface area contributed by atoms with Crippen molar-refractivity contribution in [3.63, 3.8) is 0 Å². The van der Waals surface area contributed by atoms with Crippen LogP contribution >= 0.6 is 43.2 Å². The Morgan fingerprint density at radius 3 is 2.52 bits per heavy atom. The Morgan fingerprint density at radius 2 is 1.95 bits per heavy atom. The van der Waals surface area contributed by atoms with Gasteiger partial charge < -0.3 is 5.32 Å². The van der Waals surface area contributed by atoms with Gasteiger partial charge in [-0.15, -0.1) is 11.3 Å². The molecule has 2 rings (SSSR count). The van der Waals surface area contributed by atoms with Crippen LogP contribution in [0.3, 0.4) is 0 Å². The van der Waals surface area contributed by atoms with Gasteiger partial charge in [0.05, 0.1) is 3.79 Å². The second-order valence-electron chi connectivity index (χ2n) is 6.89. The average Bonchev–Trinajstić information content (AvgIpc) is 3.01. The zero-order valence-corrected chi connectivity index (χ0v) is 17.2. The number of nitrogens with one attached hydrogen (secondary N) is 1. The van der Waals surface area contributed by atoms with Gasteiger partial charge in [-0.1, -0.05) is 26.7 Å². The molecule has 1 fully saturated rings. The Hall–Kier alpha value is 0.620. The van der Waals surface area contributed by atoms with Crippen LogP contribution in [0.15, 0.2) is 14.3 Å². The molecule has 0 atom stereocenters. The fraction of sp³-hybridized carbons (Fsp3) is 0.765. The third-order valence-corrected chi connectivity index (χ3v) is 7.96. The van der Waals surface area contributed by atoms with Gasteiger partial charge in [0.1, 0.15) is 0 Å². The first-order valence-corrected chi connectivity index (χ1v) is 10.6. The molecule has 0 aromatic carbocycles. The largest absolute Gasteiger partial charge is 0.316 e. The van der Waals surface area contributed by atoms with Crippen molar-refractivity contribution in [1.29, 1.82) is 0 Å². The molecule has 1 nitrogen and oxygen atoms in total. The maximum atomic E-state index is 3.64. The van der Waals surface area contributed by atoms with Gasteiger partial charge in [0.2, 0.25) is 0 Å². The first-order valence-electron chi connectivity index (χ1n) is 8.15. The molecule has 1 N–H and O–H groups in total. The van der Waals surface area contributed by atoms with E-state index in [4.69, 9.17) is 0 Å². The van der Waals surface area contributed by atoms with Gasteiger partial charge in [0.15, 0.2) is 0 Å². The van der Waals surface area contributed by atoms with Gasteiger partial charge in [0, 0.05) is 9.35 Å². The minimum atomic E-state index is 0.604. The molecule has 120 valence electrons. The summed E-state index contributed by atoms with van der Waals surface area (Å²) in [5.74, 6) is 0.755. The van der Waals surface area contributed by atoms with E-state index in [1.165, 1.54) is 64.6 Å². The topological polar surface area (TPSA) is 12.0 Å². The van der Waals surface area contributed by atoms with Crippen LogP contribution in [0, 0.1) is 11.3 Å². The van der Waals surface area contributed by atoms with E-state index in [1.54, 1.807) is 0 Å². The molecule has 0 aliphatic heterocycles. The predicted octanol–water partition coefficient (Wildman–Crippen LogP) is 6.40. The molecule has 0 saturated heterocycles. The Bertz CT molecular complexity index is 416. The van der Waals surface area contributed by atoms with Gasteiger partial charge >= 0.3 is 0 Å². The van der Waals surface area contributed by atoms with E-state index in [0.29, 0.717) is 5.41 Å². The Morgan fingerprint density at radius 1 is 1.24 bits per heavy atom. The lowest BCUT2D eigenvalue weighted by Gasteiger charge is -2.29. The summed E-state index contributed by atoms with van der Waals surface area (Å²) in [6, 6.07) is 2.29. The van der Waals surface area contributed by atoms with Crippen LogP contribution in [0.5, 0.6) is 0 Å². The summed E-state index contributed by atoms with van der Waals surface area (Å²) in [6.45, 7) is 6.91. The first-order chi connectivity index (χ1) is 10.0. The van der Waals surface area contributed by atoms with Gasteiger partial charge in [-0.3, -0.25) is 0 Å². The maximum Gasteiger partial charge on any atom is 0.0843 e. The quantitative estimate of drug-likeness (QED) is 0.464. The van der Waals surface area contributed by atoms with E-state index in [2.05, 4.69) is 57.1 Å². The molecule has 0 unspecified atom stereocenters. The number of aryl methyl sites for hydroxylation is 1. The predicted molar refractivity (Wildman–Crippen MR) is 101 cm³/mol. The lowest BCUT2D eigenvalue weighted by atomic mass is 9.78. The molecular weight excluding hydrogens is 410 g/mol. The molecule has 1 aliphatic carbocycles. The summed E-state index contributed by atoms with van der Waals surface area (Å²) in [4.78, 5) is 1.51. The van der Waals surface area contributed by atoms with Crippen LogP contribution in [0.2, 0.25) is 0 Å². The molecule has 1 aromatic heterocycles. The van der Waals surface area contributed by atoms with Crippen molar-refractivity contribution in [2.75, 3.05) is 13.1 Å². The number of halogens is 2. The molecule has 1 heterocycles. The van der Waals surface area contributed by atoms with Crippen LogP contribution in [-0.2, 0) is 6.42 Å². The van der Waals surface area contributed by atoms with Crippen LogP contribution in [-0.4, -0.2) is 13.1 Å². The van der Waals surface area contributed by atoms with E-state index < -0.39 is 0 Å². The standard InChI is InChI=1S/C17H27Br2NS/c1-13(2)12-20-10-9-17(6-3-4-7-17)8-5-14-11-15(18)16(19)21-14/h11,13,20H,3-10,12H2,1-2H3. The maximum absolute atomic E-state index is 3.64. The highest BCUT2D eigenvalue weighted by atomic mass is 79.9. The van der Waals surface area contributed by atoms with Crippen molar-refractivity contribution in [2.24, 2.45) is 11.3 Å². The summed E-state index contributed by atoms with van der Waals surface area (Å²) < 4.78 is 2.44. The number of rotatable bonds is 8. The van der Waals surface area contributed by atoms with Crippen molar-refractivity contribution < 1.29 is 0 Å². The number of thiophene rings is 1. The van der Waals surface area contributed by atoms with Gasteiger partial charge in [0.25, 0.3) is 0 Å². The first kappa shape index (κ1) is 18.0. The molecule has 1 aromatic rings. The van der Waals surface area contributed by atoms with Crippen LogP contribution in [0.25, 0.3) is 0 Å². The highest BCUT2D eigenvalue weighted by Gasteiger charge is 2.32.